The Hall–Kier alpha value is -3.13. The van der Waals surface area contributed by atoms with E-state index in [1.165, 1.54) is 7.11 Å². The number of rotatable bonds is 4. The van der Waals surface area contributed by atoms with Gasteiger partial charge < -0.3 is 15.4 Å². The highest BCUT2D eigenvalue weighted by Gasteiger charge is 2.29. The smallest absolute Gasteiger partial charge is 0.337 e. The summed E-state index contributed by atoms with van der Waals surface area (Å²) in [7, 11) is 1.33. The number of ether oxygens (including phenoxy) is 1. The minimum Gasteiger partial charge on any atom is -0.465 e. The fraction of sp³-hybridized carbons (Fsp3) is 0.0435. The zero-order valence-electron chi connectivity index (χ0n) is 15.5. The molecule has 1 aliphatic rings. The molecule has 0 aliphatic carbocycles. The number of benzene rings is 3. The van der Waals surface area contributed by atoms with Gasteiger partial charge in [-0.3, -0.25) is 4.79 Å². The molecule has 4 rings (SSSR count). The third-order valence-corrected chi connectivity index (χ3v) is 5.33. The Bertz CT molecular complexity index is 1120. The Morgan fingerprint density at radius 1 is 0.966 bits per heavy atom. The van der Waals surface area contributed by atoms with Gasteiger partial charge in [0.2, 0.25) is 0 Å². The molecule has 0 unspecified atom stereocenters. The van der Waals surface area contributed by atoms with E-state index in [-0.39, 0.29) is 5.91 Å². The second-order valence-corrected chi connectivity index (χ2v) is 7.70. The van der Waals surface area contributed by atoms with Crippen molar-refractivity contribution >= 4 is 57.1 Å². The molecule has 1 aliphatic heterocycles. The van der Waals surface area contributed by atoms with Crippen LogP contribution in [0, 0.1) is 3.57 Å². The van der Waals surface area contributed by atoms with Gasteiger partial charge in [0, 0.05) is 14.8 Å². The number of halogens is 1. The van der Waals surface area contributed by atoms with E-state index >= 15 is 0 Å². The van der Waals surface area contributed by atoms with Crippen molar-refractivity contribution < 1.29 is 14.3 Å². The van der Waals surface area contributed by atoms with Crippen molar-refractivity contribution in [3.05, 3.63) is 93.1 Å². The van der Waals surface area contributed by atoms with Crippen LogP contribution in [0.2, 0.25) is 0 Å². The molecule has 0 saturated heterocycles. The van der Waals surface area contributed by atoms with Gasteiger partial charge in [-0.05, 0) is 64.6 Å². The van der Waals surface area contributed by atoms with Gasteiger partial charge in [-0.15, -0.1) is 0 Å². The normalized spacial score (nSPS) is 14.1. The zero-order valence-corrected chi connectivity index (χ0v) is 17.7. The Morgan fingerprint density at radius 3 is 2.38 bits per heavy atom. The average Bonchev–Trinajstić information content (AvgIpc) is 3.08. The second kappa shape index (κ2) is 8.08. The van der Waals surface area contributed by atoms with Crippen molar-refractivity contribution in [3.63, 3.8) is 0 Å². The zero-order chi connectivity index (χ0) is 20.4. The maximum Gasteiger partial charge on any atom is 0.337 e. The summed E-state index contributed by atoms with van der Waals surface area (Å²) >= 11 is 2.25. The van der Waals surface area contributed by atoms with Crippen molar-refractivity contribution in [1.82, 2.24) is 0 Å². The maximum atomic E-state index is 12.9. The van der Waals surface area contributed by atoms with Crippen molar-refractivity contribution in [2.75, 3.05) is 17.7 Å². The summed E-state index contributed by atoms with van der Waals surface area (Å²) in [5, 5.41) is 6.27. The molecule has 0 spiro atoms. The highest BCUT2D eigenvalue weighted by atomic mass is 127. The molecule has 0 fully saturated rings. The molecule has 6 heteroatoms. The molecule has 2 N–H and O–H groups in total. The molecule has 144 valence electrons. The summed E-state index contributed by atoms with van der Waals surface area (Å²) in [5.74, 6) is -0.668. The molecule has 0 saturated carbocycles. The SMILES string of the molecule is COC(=O)c1ccc2c(c1)NC(=O)C2=C(Nc1ccc(I)cc1)c1ccccc1. The average molecular weight is 496 g/mol. The summed E-state index contributed by atoms with van der Waals surface area (Å²) in [4.78, 5) is 24.8. The third-order valence-electron chi connectivity index (χ3n) is 4.61. The first kappa shape index (κ1) is 19.2. The van der Waals surface area contributed by atoms with Crippen LogP contribution in [0.4, 0.5) is 11.4 Å². The van der Waals surface area contributed by atoms with E-state index in [9.17, 15) is 9.59 Å². The number of fused-ring (bicyclic) bond motifs is 1. The lowest BCUT2D eigenvalue weighted by Crippen LogP contribution is -2.10. The van der Waals surface area contributed by atoms with Crippen LogP contribution >= 0.6 is 22.6 Å². The van der Waals surface area contributed by atoms with E-state index in [0.717, 1.165) is 20.4 Å². The van der Waals surface area contributed by atoms with E-state index in [1.807, 2.05) is 54.6 Å². The fourth-order valence-corrected chi connectivity index (χ4v) is 3.59. The van der Waals surface area contributed by atoms with Crippen LogP contribution in [0.15, 0.2) is 72.8 Å². The van der Waals surface area contributed by atoms with Gasteiger partial charge in [-0.1, -0.05) is 36.4 Å². The summed E-state index contributed by atoms with van der Waals surface area (Å²) in [6, 6.07) is 22.7. The maximum absolute atomic E-state index is 12.9. The number of carbonyl (C=O) groups excluding carboxylic acids is 2. The minimum atomic E-state index is -0.445. The Balaban J connectivity index is 1.86. The number of esters is 1. The number of methoxy groups -OCH3 is 1. The predicted molar refractivity (Wildman–Crippen MR) is 122 cm³/mol. The standard InChI is InChI=1S/C23H17IN2O3/c1-29-23(28)15-7-12-18-19(13-15)26-22(27)20(18)21(14-5-3-2-4-6-14)25-17-10-8-16(24)9-11-17/h2-13,25H,1H3,(H,26,27). The Morgan fingerprint density at radius 2 is 1.69 bits per heavy atom. The molecule has 0 atom stereocenters. The summed E-state index contributed by atoms with van der Waals surface area (Å²) in [6.45, 7) is 0. The molecule has 0 aromatic heterocycles. The topological polar surface area (TPSA) is 67.4 Å². The number of hydrogen-bond donors (Lipinski definition) is 2. The molecule has 3 aromatic carbocycles. The van der Waals surface area contributed by atoms with Gasteiger partial charge >= 0.3 is 5.97 Å². The van der Waals surface area contributed by atoms with Gasteiger partial charge in [0.05, 0.1) is 29.6 Å². The first-order valence-corrected chi connectivity index (χ1v) is 10.0. The van der Waals surface area contributed by atoms with Crippen LogP contribution in [-0.4, -0.2) is 19.0 Å². The van der Waals surface area contributed by atoms with Gasteiger partial charge in [0.15, 0.2) is 0 Å². The summed E-state index contributed by atoms with van der Waals surface area (Å²) in [6.07, 6.45) is 0. The number of carbonyl (C=O) groups is 2. The fourth-order valence-electron chi connectivity index (χ4n) is 3.23. The van der Waals surface area contributed by atoms with E-state index < -0.39 is 5.97 Å². The number of anilines is 2. The van der Waals surface area contributed by atoms with Crippen molar-refractivity contribution in [3.8, 4) is 0 Å². The number of nitrogens with one attached hydrogen (secondary N) is 2. The van der Waals surface area contributed by atoms with Crippen LogP contribution in [0.25, 0.3) is 11.3 Å². The Labute approximate surface area is 181 Å². The molecule has 0 bridgehead atoms. The van der Waals surface area contributed by atoms with E-state index in [0.29, 0.717) is 22.5 Å². The van der Waals surface area contributed by atoms with Gasteiger partial charge in [0.25, 0.3) is 5.91 Å². The third kappa shape index (κ3) is 3.88. The van der Waals surface area contributed by atoms with Crippen LogP contribution in [0.5, 0.6) is 0 Å². The number of hydrogen-bond acceptors (Lipinski definition) is 4. The van der Waals surface area contributed by atoms with Gasteiger partial charge in [-0.2, -0.15) is 0 Å². The van der Waals surface area contributed by atoms with Crippen LogP contribution in [0.1, 0.15) is 21.5 Å². The second-order valence-electron chi connectivity index (χ2n) is 6.45. The lowest BCUT2D eigenvalue weighted by Gasteiger charge is -2.15. The molecule has 29 heavy (non-hydrogen) atoms. The monoisotopic (exact) mass is 496 g/mol. The largest absolute Gasteiger partial charge is 0.465 e. The molecule has 5 nitrogen and oxygen atoms in total. The molecule has 1 amide bonds. The van der Waals surface area contributed by atoms with Crippen LogP contribution in [-0.2, 0) is 9.53 Å². The van der Waals surface area contributed by atoms with E-state index in [2.05, 4.69) is 33.2 Å². The quantitative estimate of drug-likeness (QED) is 0.303. The van der Waals surface area contributed by atoms with Crippen molar-refractivity contribution in [2.45, 2.75) is 0 Å². The van der Waals surface area contributed by atoms with Gasteiger partial charge in [0.1, 0.15) is 0 Å². The molecular weight excluding hydrogens is 479 g/mol. The highest BCUT2D eigenvalue weighted by Crippen LogP contribution is 2.38. The molecule has 3 aromatic rings. The van der Waals surface area contributed by atoms with Crippen molar-refractivity contribution in [1.29, 1.82) is 0 Å². The lowest BCUT2D eigenvalue weighted by molar-refractivity contribution is -0.110. The lowest BCUT2D eigenvalue weighted by atomic mass is 9.99. The molecule has 1 heterocycles. The highest BCUT2D eigenvalue weighted by molar-refractivity contribution is 14.1. The van der Waals surface area contributed by atoms with E-state index in [1.54, 1.807) is 18.2 Å². The Kier molecular flexibility index (Phi) is 5.35. The summed E-state index contributed by atoms with van der Waals surface area (Å²) in [5.41, 5.74) is 4.71. The molecule has 0 radical (unpaired) electrons. The number of amides is 1. The predicted octanol–water partition coefficient (Wildman–Crippen LogP) is 5.01. The van der Waals surface area contributed by atoms with Gasteiger partial charge in [-0.25, -0.2) is 4.79 Å². The minimum absolute atomic E-state index is 0.223. The molecular formula is C23H17IN2O3. The van der Waals surface area contributed by atoms with Crippen LogP contribution < -0.4 is 10.6 Å². The summed E-state index contributed by atoms with van der Waals surface area (Å²) < 4.78 is 5.90. The first-order chi connectivity index (χ1) is 14.1. The first-order valence-electron chi connectivity index (χ1n) is 8.93. The van der Waals surface area contributed by atoms with Crippen molar-refractivity contribution in [2.24, 2.45) is 0 Å². The van der Waals surface area contributed by atoms with Crippen LogP contribution in [0.3, 0.4) is 0 Å². The van der Waals surface area contributed by atoms with E-state index in [4.69, 9.17) is 4.74 Å².